The maximum Gasteiger partial charge on any atom is 0.172 e. The van der Waals surface area contributed by atoms with E-state index in [1.165, 1.54) is 5.56 Å². The van der Waals surface area contributed by atoms with Crippen molar-refractivity contribution in [3.8, 4) is 17.1 Å². The number of nitrogen functional groups attached to an aromatic ring is 1. The topological polar surface area (TPSA) is 61.3 Å². The Balaban J connectivity index is 2.10. The van der Waals surface area contributed by atoms with E-state index in [9.17, 15) is 0 Å². The fourth-order valence-electron chi connectivity index (χ4n) is 2.40. The van der Waals surface area contributed by atoms with Crippen molar-refractivity contribution in [1.29, 1.82) is 0 Å². The van der Waals surface area contributed by atoms with Crippen LogP contribution >= 0.6 is 0 Å². The third-order valence-electron chi connectivity index (χ3n) is 3.28. The summed E-state index contributed by atoms with van der Waals surface area (Å²) >= 11 is 0. The van der Waals surface area contributed by atoms with Crippen LogP contribution in [0.25, 0.3) is 11.3 Å². The third kappa shape index (κ3) is 1.65. The molecular weight excluding hydrogens is 228 g/mol. The second kappa shape index (κ2) is 4.05. The van der Waals surface area contributed by atoms with Gasteiger partial charge in [0.05, 0.1) is 6.61 Å². The van der Waals surface area contributed by atoms with Gasteiger partial charge in [-0.3, -0.25) is 0 Å². The molecule has 2 aromatic rings. The standard InChI is InChI=1S/C14H16N2O2/c1-8(2)12-13(18-16-14(12)15)10-3-4-11-9(7-10)5-6-17-11/h3-4,7-8H,5-6H2,1-2H3,(H2,15,16). The molecule has 2 N–H and O–H groups in total. The molecule has 0 saturated carbocycles. The highest BCUT2D eigenvalue weighted by molar-refractivity contribution is 5.68. The second-order valence-corrected chi connectivity index (χ2v) is 4.89. The highest BCUT2D eigenvalue weighted by Crippen LogP contribution is 2.36. The van der Waals surface area contributed by atoms with E-state index in [0.29, 0.717) is 5.82 Å². The zero-order valence-corrected chi connectivity index (χ0v) is 10.6. The predicted octanol–water partition coefficient (Wildman–Crippen LogP) is 2.98. The first-order valence-corrected chi connectivity index (χ1v) is 6.18. The number of ether oxygens (including phenoxy) is 1. The Labute approximate surface area is 106 Å². The molecule has 0 atom stereocenters. The van der Waals surface area contributed by atoms with Crippen molar-refractivity contribution in [3.63, 3.8) is 0 Å². The lowest BCUT2D eigenvalue weighted by Gasteiger charge is -2.06. The Hall–Kier alpha value is -1.97. The summed E-state index contributed by atoms with van der Waals surface area (Å²) in [6.45, 7) is 4.93. The lowest BCUT2D eigenvalue weighted by molar-refractivity contribution is 0.357. The van der Waals surface area contributed by atoms with E-state index in [4.69, 9.17) is 15.0 Å². The highest BCUT2D eigenvalue weighted by Gasteiger charge is 2.20. The van der Waals surface area contributed by atoms with Crippen LogP contribution in [0, 0.1) is 0 Å². The zero-order chi connectivity index (χ0) is 12.7. The number of hydrogen-bond donors (Lipinski definition) is 1. The molecule has 3 rings (SSSR count). The molecule has 0 fully saturated rings. The first-order valence-electron chi connectivity index (χ1n) is 6.18. The molecule has 2 heterocycles. The normalized spacial score (nSPS) is 13.7. The monoisotopic (exact) mass is 244 g/mol. The van der Waals surface area contributed by atoms with Gasteiger partial charge in [0.2, 0.25) is 0 Å². The molecule has 0 unspecified atom stereocenters. The molecule has 18 heavy (non-hydrogen) atoms. The summed E-state index contributed by atoms with van der Waals surface area (Å²) in [5.74, 6) is 2.52. The second-order valence-electron chi connectivity index (χ2n) is 4.89. The Kier molecular flexibility index (Phi) is 2.51. The molecule has 94 valence electrons. The lowest BCUT2D eigenvalue weighted by atomic mass is 9.98. The van der Waals surface area contributed by atoms with Crippen LogP contribution in [0.5, 0.6) is 5.75 Å². The molecule has 0 amide bonds. The number of nitrogens with zero attached hydrogens (tertiary/aromatic N) is 1. The molecule has 1 aliphatic rings. The maximum atomic E-state index is 5.86. The van der Waals surface area contributed by atoms with Gasteiger partial charge in [0, 0.05) is 17.5 Å². The Morgan fingerprint density at radius 1 is 1.33 bits per heavy atom. The maximum absolute atomic E-state index is 5.86. The van der Waals surface area contributed by atoms with Crippen LogP contribution in [-0.2, 0) is 6.42 Å². The van der Waals surface area contributed by atoms with E-state index in [0.717, 1.165) is 35.7 Å². The average molecular weight is 244 g/mol. The van der Waals surface area contributed by atoms with Gasteiger partial charge in [-0.05, 0) is 29.7 Å². The first kappa shape index (κ1) is 11.1. The van der Waals surface area contributed by atoms with E-state index in [1.54, 1.807) is 0 Å². The quantitative estimate of drug-likeness (QED) is 0.882. The molecule has 1 aromatic carbocycles. The van der Waals surface area contributed by atoms with Crippen molar-refractivity contribution in [1.82, 2.24) is 5.16 Å². The molecule has 4 nitrogen and oxygen atoms in total. The average Bonchev–Trinajstić information content (AvgIpc) is 2.93. The SMILES string of the molecule is CC(C)c1c(N)noc1-c1ccc2c(c1)CCO2. The summed E-state index contributed by atoms with van der Waals surface area (Å²) in [7, 11) is 0. The number of aromatic nitrogens is 1. The fourth-order valence-corrected chi connectivity index (χ4v) is 2.40. The minimum atomic E-state index is 0.288. The molecule has 0 spiro atoms. The summed E-state index contributed by atoms with van der Waals surface area (Å²) in [4.78, 5) is 0. The van der Waals surface area contributed by atoms with Crippen molar-refractivity contribution >= 4 is 5.82 Å². The number of hydrogen-bond acceptors (Lipinski definition) is 4. The van der Waals surface area contributed by atoms with Crippen molar-refractivity contribution in [2.45, 2.75) is 26.2 Å². The zero-order valence-electron chi connectivity index (χ0n) is 10.6. The third-order valence-corrected chi connectivity index (χ3v) is 3.28. The van der Waals surface area contributed by atoms with E-state index in [1.807, 2.05) is 12.1 Å². The van der Waals surface area contributed by atoms with Crippen LogP contribution in [0.3, 0.4) is 0 Å². The number of fused-ring (bicyclic) bond motifs is 1. The minimum absolute atomic E-state index is 0.288. The highest BCUT2D eigenvalue weighted by atomic mass is 16.5. The number of anilines is 1. The largest absolute Gasteiger partial charge is 0.493 e. The fraction of sp³-hybridized carbons (Fsp3) is 0.357. The van der Waals surface area contributed by atoms with Crippen molar-refractivity contribution in [3.05, 3.63) is 29.3 Å². The van der Waals surface area contributed by atoms with Crippen LogP contribution in [0.15, 0.2) is 22.7 Å². The number of benzene rings is 1. The molecule has 0 saturated heterocycles. The Bertz CT molecular complexity index is 587. The Morgan fingerprint density at radius 2 is 2.17 bits per heavy atom. The van der Waals surface area contributed by atoms with E-state index in [-0.39, 0.29) is 5.92 Å². The molecule has 0 bridgehead atoms. The Morgan fingerprint density at radius 3 is 2.94 bits per heavy atom. The molecule has 0 aliphatic carbocycles. The summed E-state index contributed by atoms with van der Waals surface area (Å²) < 4.78 is 10.9. The van der Waals surface area contributed by atoms with Gasteiger partial charge in [0.25, 0.3) is 0 Å². The van der Waals surface area contributed by atoms with E-state index in [2.05, 4.69) is 25.1 Å². The number of nitrogens with two attached hydrogens (primary N) is 1. The molecule has 4 heteroatoms. The van der Waals surface area contributed by atoms with Gasteiger partial charge >= 0.3 is 0 Å². The van der Waals surface area contributed by atoms with Gasteiger partial charge in [-0.15, -0.1) is 0 Å². The summed E-state index contributed by atoms with van der Waals surface area (Å²) in [6, 6.07) is 6.09. The van der Waals surface area contributed by atoms with Crippen LogP contribution < -0.4 is 10.5 Å². The van der Waals surface area contributed by atoms with Gasteiger partial charge in [0.1, 0.15) is 5.75 Å². The van der Waals surface area contributed by atoms with Gasteiger partial charge < -0.3 is 15.0 Å². The van der Waals surface area contributed by atoms with Gasteiger partial charge in [-0.25, -0.2) is 0 Å². The summed E-state index contributed by atoms with van der Waals surface area (Å²) in [5.41, 5.74) is 9.08. The van der Waals surface area contributed by atoms with Gasteiger partial charge in [-0.2, -0.15) is 0 Å². The molecule has 1 aliphatic heterocycles. The summed E-state index contributed by atoms with van der Waals surface area (Å²) in [6.07, 6.45) is 0.948. The number of rotatable bonds is 2. The van der Waals surface area contributed by atoms with E-state index < -0.39 is 0 Å². The van der Waals surface area contributed by atoms with E-state index >= 15 is 0 Å². The first-order chi connectivity index (χ1) is 8.66. The van der Waals surface area contributed by atoms with Crippen LogP contribution in [0.4, 0.5) is 5.82 Å². The van der Waals surface area contributed by atoms with Crippen LogP contribution in [0.2, 0.25) is 0 Å². The minimum Gasteiger partial charge on any atom is -0.493 e. The smallest absolute Gasteiger partial charge is 0.172 e. The van der Waals surface area contributed by atoms with Crippen molar-refractivity contribution in [2.75, 3.05) is 12.3 Å². The summed E-state index contributed by atoms with van der Waals surface area (Å²) in [5, 5.41) is 3.88. The van der Waals surface area contributed by atoms with Crippen LogP contribution in [0.1, 0.15) is 30.9 Å². The molecule has 1 aromatic heterocycles. The molecule has 0 radical (unpaired) electrons. The molecular formula is C14H16N2O2. The predicted molar refractivity (Wildman–Crippen MR) is 69.6 cm³/mol. The van der Waals surface area contributed by atoms with Crippen molar-refractivity contribution in [2.24, 2.45) is 0 Å². The van der Waals surface area contributed by atoms with Crippen molar-refractivity contribution < 1.29 is 9.26 Å². The van der Waals surface area contributed by atoms with Gasteiger partial charge in [0.15, 0.2) is 11.6 Å². The lowest BCUT2D eigenvalue weighted by Crippen LogP contribution is -1.95. The van der Waals surface area contributed by atoms with Crippen LogP contribution in [-0.4, -0.2) is 11.8 Å². The van der Waals surface area contributed by atoms with Gasteiger partial charge in [-0.1, -0.05) is 19.0 Å².